The van der Waals surface area contributed by atoms with Gasteiger partial charge in [-0.3, -0.25) is 0 Å². The zero-order chi connectivity index (χ0) is 14.7. The second-order valence-electron chi connectivity index (χ2n) is 6.78. The summed E-state index contributed by atoms with van der Waals surface area (Å²) < 4.78 is 5.33. The summed E-state index contributed by atoms with van der Waals surface area (Å²) in [5.41, 5.74) is 0. The highest BCUT2D eigenvalue weighted by atomic mass is 16.5. The van der Waals surface area contributed by atoms with Crippen molar-refractivity contribution >= 4 is 6.03 Å². The average Bonchev–Trinajstić information content (AvgIpc) is 3.01. The number of hydrogen-bond donors (Lipinski definition) is 2. The topological polar surface area (TPSA) is 61.8 Å². The van der Waals surface area contributed by atoms with Crippen molar-refractivity contribution < 1.29 is 14.6 Å². The number of carbonyl (C=O) groups excluding carboxylic acids is 1. The third kappa shape index (κ3) is 3.51. The fourth-order valence-corrected chi connectivity index (χ4v) is 4.15. The summed E-state index contributed by atoms with van der Waals surface area (Å²) in [4.78, 5) is 14.6. The van der Waals surface area contributed by atoms with Crippen LogP contribution in [0.2, 0.25) is 0 Å². The number of urea groups is 1. The highest BCUT2D eigenvalue weighted by molar-refractivity contribution is 5.75. The van der Waals surface area contributed by atoms with Crippen LogP contribution in [0.25, 0.3) is 0 Å². The molecule has 4 atom stereocenters. The summed E-state index contributed by atoms with van der Waals surface area (Å²) in [6, 6.07) is 0.431. The van der Waals surface area contributed by atoms with E-state index in [1.165, 1.54) is 12.8 Å². The molecular weight excluding hydrogens is 268 g/mol. The van der Waals surface area contributed by atoms with Gasteiger partial charge in [-0.2, -0.15) is 0 Å². The number of aliphatic hydroxyl groups is 1. The van der Waals surface area contributed by atoms with Crippen LogP contribution in [0, 0.1) is 5.92 Å². The smallest absolute Gasteiger partial charge is 0.317 e. The first kappa shape index (κ1) is 15.1. The van der Waals surface area contributed by atoms with Gasteiger partial charge in [-0.25, -0.2) is 4.79 Å². The average molecular weight is 296 g/mol. The molecule has 1 aliphatic carbocycles. The number of ether oxygens (including phenoxy) is 1. The molecule has 0 spiro atoms. The number of aliphatic hydroxyl groups excluding tert-OH is 1. The SMILES string of the molecule is O=C(NC1CCOC1)N1CCCCC1C1CCCCC1O. The van der Waals surface area contributed by atoms with Gasteiger partial charge >= 0.3 is 6.03 Å². The predicted octanol–water partition coefficient (Wildman–Crippen LogP) is 1.89. The number of nitrogens with zero attached hydrogens (tertiary/aromatic N) is 1. The maximum Gasteiger partial charge on any atom is 0.317 e. The zero-order valence-electron chi connectivity index (χ0n) is 12.8. The van der Waals surface area contributed by atoms with Crippen molar-refractivity contribution in [1.29, 1.82) is 0 Å². The van der Waals surface area contributed by atoms with Crippen LogP contribution in [0.3, 0.4) is 0 Å². The molecule has 1 saturated carbocycles. The lowest BCUT2D eigenvalue weighted by Crippen LogP contribution is -2.55. The molecular formula is C16H28N2O3. The molecule has 3 rings (SSSR count). The third-order valence-electron chi connectivity index (χ3n) is 5.34. The Morgan fingerprint density at radius 3 is 2.67 bits per heavy atom. The number of likely N-dealkylation sites (tertiary alicyclic amines) is 1. The molecule has 2 N–H and O–H groups in total. The number of rotatable bonds is 2. The van der Waals surface area contributed by atoms with Crippen LogP contribution in [0.15, 0.2) is 0 Å². The minimum Gasteiger partial charge on any atom is -0.393 e. The fraction of sp³-hybridized carbons (Fsp3) is 0.938. The van der Waals surface area contributed by atoms with E-state index in [1.54, 1.807) is 0 Å². The highest BCUT2D eigenvalue weighted by Gasteiger charge is 2.38. The van der Waals surface area contributed by atoms with Gasteiger partial charge in [0.05, 0.1) is 18.8 Å². The molecule has 3 aliphatic rings. The van der Waals surface area contributed by atoms with Gasteiger partial charge in [0.2, 0.25) is 0 Å². The van der Waals surface area contributed by atoms with E-state index in [-0.39, 0.29) is 30.1 Å². The van der Waals surface area contributed by atoms with E-state index in [0.29, 0.717) is 6.61 Å². The molecule has 4 unspecified atom stereocenters. The lowest BCUT2D eigenvalue weighted by atomic mass is 9.78. The van der Waals surface area contributed by atoms with E-state index in [1.807, 2.05) is 4.90 Å². The Morgan fingerprint density at radius 1 is 1.10 bits per heavy atom. The summed E-state index contributed by atoms with van der Waals surface area (Å²) >= 11 is 0. The summed E-state index contributed by atoms with van der Waals surface area (Å²) in [6.45, 7) is 2.21. The van der Waals surface area contributed by atoms with Gasteiger partial charge in [-0.15, -0.1) is 0 Å². The molecule has 3 fully saturated rings. The number of amides is 2. The van der Waals surface area contributed by atoms with Crippen molar-refractivity contribution in [2.24, 2.45) is 5.92 Å². The van der Waals surface area contributed by atoms with E-state index in [0.717, 1.165) is 51.7 Å². The highest BCUT2D eigenvalue weighted by Crippen LogP contribution is 2.34. The van der Waals surface area contributed by atoms with Gasteiger partial charge in [-0.05, 0) is 38.5 Å². The van der Waals surface area contributed by atoms with Crippen molar-refractivity contribution in [3.05, 3.63) is 0 Å². The van der Waals surface area contributed by atoms with E-state index >= 15 is 0 Å². The molecule has 0 aromatic carbocycles. The van der Waals surface area contributed by atoms with Gasteiger partial charge in [0.15, 0.2) is 0 Å². The summed E-state index contributed by atoms with van der Waals surface area (Å²) in [5.74, 6) is 0.268. The van der Waals surface area contributed by atoms with Crippen LogP contribution in [0.4, 0.5) is 4.79 Å². The Hall–Kier alpha value is -0.810. The van der Waals surface area contributed by atoms with Crippen molar-refractivity contribution in [3.63, 3.8) is 0 Å². The second-order valence-corrected chi connectivity index (χ2v) is 6.78. The third-order valence-corrected chi connectivity index (χ3v) is 5.34. The van der Waals surface area contributed by atoms with Crippen molar-refractivity contribution in [2.45, 2.75) is 69.6 Å². The largest absolute Gasteiger partial charge is 0.393 e. The number of piperidine rings is 1. The van der Waals surface area contributed by atoms with Gasteiger partial charge in [0, 0.05) is 25.1 Å². The quantitative estimate of drug-likeness (QED) is 0.818. The van der Waals surface area contributed by atoms with Crippen molar-refractivity contribution in [3.8, 4) is 0 Å². The number of carbonyl (C=O) groups is 1. The first-order chi connectivity index (χ1) is 10.3. The number of nitrogens with one attached hydrogen (secondary N) is 1. The van der Waals surface area contributed by atoms with Gasteiger partial charge in [0.1, 0.15) is 0 Å². The molecule has 0 bridgehead atoms. The fourth-order valence-electron chi connectivity index (χ4n) is 4.15. The molecule has 120 valence electrons. The van der Waals surface area contributed by atoms with Crippen LogP contribution in [-0.4, -0.2) is 54.0 Å². The molecule has 0 aromatic rings. The van der Waals surface area contributed by atoms with Gasteiger partial charge in [-0.1, -0.05) is 12.8 Å². The Morgan fingerprint density at radius 2 is 1.90 bits per heavy atom. The monoisotopic (exact) mass is 296 g/mol. The predicted molar refractivity (Wildman–Crippen MR) is 80.1 cm³/mol. The van der Waals surface area contributed by atoms with Crippen LogP contribution in [0.5, 0.6) is 0 Å². The Bertz CT molecular complexity index is 357. The normalized spacial score (nSPS) is 37.5. The summed E-state index contributed by atoms with van der Waals surface area (Å²) in [7, 11) is 0. The summed E-state index contributed by atoms with van der Waals surface area (Å²) in [5, 5.41) is 13.4. The molecule has 2 aliphatic heterocycles. The molecule has 5 nitrogen and oxygen atoms in total. The molecule has 5 heteroatoms. The molecule has 21 heavy (non-hydrogen) atoms. The zero-order valence-corrected chi connectivity index (χ0v) is 12.8. The van der Waals surface area contributed by atoms with E-state index in [9.17, 15) is 9.90 Å². The molecule has 2 saturated heterocycles. The van der Waals surface area contributed by atoms with Crippen LogP contribution >= 0.6 is 0 Å². The van der Waals surface area contributed by atoms with Crippen LogP contribution < -0.4 is 5.32 Å². The Labute approximate surface area is 127 Å². The van der Waals surface area contributed by atoms with E-state index in [4.69, 9.17) is 4.74 Å². The minimum atomic E-state index is -0.230. The first-order valence-electron chi connectivity index (χ1n) is 8.58. The molecule has 2 amide bonds. The van der Waals surface area contributed by atoms with E-state index in [2.05, 4.69) is 5.32 Å². The van der Waals surface area contributed by atoms with Crippen molar-refractivity contribution in [2.75, 3.05) is 19.8 Å². The van der Waals surface area contributed by atoms with Crippen molar-refractivity contribution in [1.82, 2.24) is 10.2 Å². The molecule has 0 aromatic heterocycles. The van der Waals surface area contributed by atoms with Crippen LogP contribution in [-0.2, 0) is 4.74 Å². The molecule has 2 heterocycles. The number of hydrogen-bond acceptors (Lipinski definition) is 3. The maximum atomic E-state index is 12.6. The van der Waals surface area contributed by atoms with Crippen LogP contribution in [0.1, 0.15) is 51.4 Å². The lowest BCUT2D eigenvalue weighted by Gasteiger charge is -2.43. The van der Waals surface area contributed by atoms with E-state index < -0.39 is 0 Å². The van der Waals surface area contributed by atoms with Gasteiger partial charge in [0.25, 0.3) is 0 Å². The standard InChI is InChI=1S/C16H28N2O3/c19-15-7-2-1-5-13(15)14-6-3-4-9-18(14)16(20)17-12-8-10-21-11-12/h12-15,19H,1-11H2,(H,17,20). The second kappa shape index (κ2) is 6.97. The maximum absolute atomic E-state index is 12.6. The summed E-state index contributed by atoms with van der Waals surface area (Å²) in [6.07, 6.45) is 8.23. The molecule has 0 radical (unpaired) electrons. The first-order valence-corrected chi connectivity index (χ1v) is 8.58. The van der Waals surface area contributed by atoms with Gasteiger partial charge < -0.3 is 20.1 Å². The Kier molecular flexibility index (Phi) is 5.01. The Balaban J connectivity index is 1.63. The lowest BCUT2D eigenvalue weighted by molar-refractivity contribution is 0.00797. The minimum absolute atomic E-state index is 0.0490.